The van der Waals surface area contributed by atoms with Gasteiger partial charge < -0.3 is 54.7 Å². The van der Waals surface area contributed by atoms with Crippen molar-refractivity contribution < 1.29 is 59.5 Å². The average molecular weight is 503 g/mol. The molecule has 0 aliphatic heterocycles. The van der Waals surface area contributed by atoms with Gasteiger partial charge in [0.05, 0.1) is 47.3 Å². The van der Waals surface area contributed by atoms with Gasteiger partial charge in [-0.3, -0.25) is 4.79 Å². The number of hydrogen-bond acceptors (Lipinski definition) is 5. The summed E-state index contributed by atoms with van der Waals surface area (Å²) in [5.41, 5.74) is 1.30. The molecule has 0 saturated heterocycles. The molecule has 0 bridgehead atoms. The molecule has 186 valence electrons. The number of benzene rings is 2. The number of Topliss-reactive ketones (excluding diaryl/α,β-unsaturated/α-hetero) is 1. The van der Waals surface area contributed by atoms with E-state index >= 15 is 0 Å². The van der Waals surface area contributed by atoms with Crippen LogP contribution in [0.15, 0.2) is 42.5 Å². The summed E-state index contributed by atoms with van der Waals surface area (Å²) < 4.78 is 11.1. The van der Waals surface area contributed by atoms with Crippen LogP contribution in [0.5, 0.6) is 17.2 Å². The molecule has 5 N–H and O–H groups in total. The first-order valence-electron chi connectivity index (χ1n) is 10.7. The highest BCUT2D eigenvalue weighted by molar-refractivity contribution is 5.96. The Morgan fingerprint density at radius 1 is 1.09 bits per heavy atom. The first-order valence-corrected chi connectivity index (χ1v) is 10.7. The lowest BCUT2D eigenvalue weighted by atomic mass is 10.0. The third kappa shape index (κ3) is 10.6. The number of hydrogen-bond donors (Lipinski definition) is 4. The Kier molecular flexibility index (Phi) is 14.8. The Hall–Kier alpha value is -2.03. The van der Waals surface area contributed by atoms with Crippen molar-refractivity contribution in [2.24, 2.45) is 0 Å². The van der Waals surface area contributed by atoms with Gasteiger partial charge in [0.25, 0.3) is 0 Å². The molecule has 2 aromatic carbocycles. The SMILES string of the molecule is COc1cc(OCCC[NH+](C)C)cc(C(=O)CC[NH2+]C(C)C(O)c2ccc(O)cc2)c1.[Cl-].[Cl-]. The van der Waals surface area contributed by atoms with Crippen molar-refractivity contribution in [2.75, 3.05) is 40.9 Å². The molecular formula is C24H36Cl2N2O5. The van der Waals surface area contributed by atoms with Gasteiger partial charge in [0, 0.05) is 18.1 Å². The molecule has 9 heteroatoms. The number of aliphatic hydroxyl groups excluding tert-OH is 1. The number of ketones is 1. The lowest BCUT2D eigenvalue weighted by Gasteiger charge is -2.18. The molecule has 2 unspecified atom stereocenters. The molecule has 0 spiro atoms. The quantitative estimate of drug-likeness (QED) is 0.162. The number of aromatic hydroxyl groups is 1. The maximum atomic E-state index is 12.7. The Bertz CT molecular complexity index is 834. The van der Waals surface area contributed by atoms with E-state index in [1.807, 2.05) is 12.2 Å². The van der Waals surface area contributed by atoms with Gasteiger partial charge in [-0.1, -0.05) is 12.1 Å². The minimum absolute atomic E-state index is 0. The minimum atomic E-state index is -0.684. The van der Waals surface area contributed by atoms with Crippen molar-refractivity contribution in [1.82, 2.24) is 0 Å². The van der Waals surface area contributed by atoms with Crippen molar-refractivity contribution in [1.29, 1.82) is 0 Å². The lowest BCUT2D eigenvalue weighted by Crippen LogP contribution is -3.05. The van der Waals surface area contributed by atoms with Crippen LogP contribution in [0.3, 0.4) is 0 Å². The molecule has 0 heterocycles. The van der Waals surface area contributed by atoms with Gasteiger partial charge in [-0.25, -0.2) is 0 Å². The molecule has 7 nitrogen and oxygen atoms in total. The number of quaternary nitrogens is 2. The molecule has 0 amide bonds. The van der Waals surface area contributed by atoms with Crippen LogP contribution in [-0.4, -0.2) is 62.9 Å². The highest BCUT2D eigenvalue weighted by Crippen LogP contribution is 2.24. The van der Waals surface area contributed by atoms with Crippen LogP contribution in [0.1, 0.15) is 41.8 Å². The fraction of sp³-hybridized carbons (Fsp3) is 0.458. The zero-order valence-corrected chi connectivity index (χ0v) is 21.2. The van der Waals surface area contributed by atoms with Crippen molar-refractivity contribution in [3.8, 4) is 17.2 Å². The Labute approximate surface area is 208 Å². The summed E-state index contributed by atoms with van der Waals surface area (Å²) in [5.74, 6) is 1.40. The number of methoxy groups -OCH3 is 1. The predicted octanol–water partition coefficient (Wildman–Crippen LogP) is -5.42. The number of halogens is 2. The molecule has 2 rings (SSSR count). The van der Waals surface area contributed by atoms with E-state index < -0.39 is 6.10 Å². The number of aliphatic hydroxyl groups is 1. The maximum Gasteiger partial charge on any atom is 0.168 e. The maximum absolute atomic E-state index is 12.7. The van der Waals surface area contributed by atoms with Crippen LogP contribution in [0.2, 0.25) is 0 Å². The van der Waals surface area contributed by atoms with Crippen LogP contribution in [0, 0.1) is 0 Å². The second kappa shape index (κ2) is 15.7. The number of nitrogens with two attached hydrogens (primary N) is 1. The highest BCUT2D eigenvalue weighted by Gasteiger charge is 2.20. The first kappa shape index (κ1) is 31.0. The normalized spacial score (nSPS) is 12.3. The first-order chi connectivity index (χ1) is 14.8. The van der Waals surface area contributed by atoms with Gasteiger partial charge in [-0.15, -0.1) is 0 Å². The Morgan fingerprint density at radius 3 is 2.33 bits per heavy atom. The Balaban J connectivity index is 0.00000512. The van der Waals surface area contributed by atoms with Gasteiger partial charge in [-0.05, 0) is 36.8 Å². The summed E-state index contributed by atoms with van der Waals surface area (Å²) in [4.78, 5) is 14.1. The van der Waals surface area contributed by atoms with E-state index in [4.69, 9.17) is 9.47 Å². The Morgan fingerprint density at radius 2 is 1.73 bits per heavy atom. The van der Waals surface area contributed by atoms with Crippen LogP contribution in [0.4, 0.5) is 0 Å². The van der Waals surface area contributed by atoms with E-state index in [2.05, 4.69) is 14.1 Å². The van der Waals surface area contributed by atoms with E-state index in [9.17, 15) is 15.0 Å². The van der Waals surface area contributed by atoms with Crippen molar-refractivity contribution in [3.63, 3.8) is 0 Å². The summed E-state index contributed by atoms with van der Waals surface area (Å²) in [6, 6.07) is 11.7. The smallest absolute Gasteiger partial charge is 0.168 e. The summed E-state index contributed by atoms with van der Waals surface area (Å²) in [6.45, 7) is 4.06. The van der Waals surface area contributed by atoms with Crippen molar-refractivity contribution >= 4 is 5.78 Å². The molecule has 2 aromatic rings. The van der Waals surface area contributed by atoms with Gasteiger partial charge >= 0.3 is 0 Å². The zero-order valence-electron chi connectivity index (χ0n) is 19.7. The molecular weight excluding hydrogens is 467 g/mol. The van der Waals surface area contributed by atoms with E-state index in [1.54, 1.807) is 49.6 Å². The van der Waals surface area contributed by atoms with Gasteiger partial charge in [-0.2, -0.15) is 0 Å². The monoisotopic (exact) mass is 502 g/mol. The third-order valence-corrected chi connectivity index (χ3v) is 5.17. The summed E-state index contributed by atoms with van der Waals surface area (Å²) in [6.07, 6.45) is 0.582. The number of ether oxygens (including phenoxy) is 2. The number of carbonyl (C=O) groups is 1. The molecule has 0 aliphatic carbocycles. The largest absolute Gasteiger partial charge is 1.00 e. The van der Waals surface area contributed by atoms with E-state index in [-0.39, 0.29) is 42.4 Å². The fourth-order valence-corrected chi connectivity index (χ4v) is 3.28. The van der Waals surface area contributed by atoms with Crippen molar-refractivity contribution in [2.45, 2.75) is 31.9 Å². The van der Waals surface area contributed by atoms with E-state index in [0.29, 0.717) is 36.6 Å². The van der Waals surface area contributed by atoms with Crippen LogP contribution >= 0.6 is 0 Å². The van der Waals surface area contributed by atoms with Gasteiger partial charge in [0.2, 0.25) is 0 Å². The number of nitrogens with one attached hydrogen (secondary N) is 1. The van der Waals surface area contributed by atoms with E-state index in [0.717, 1.165) is 18.5 Å². The van der Waals surface area contributed by atoms with Crippen LogP contribution in [0.25, 0.3) is 0 Å². The second-order valence-corrected chi connectivity index (χ2v) is 8.15. The molecule has 0 aromatic heterocycles. The van der Waals surface area contributed by atoms with Crippen LogP contribution < -0.4 is 44.5 Å². The van der Waals surface area contributed by atoms with E-state index in [1.165, 1.54) is 4.90 Å². The number of carbonyl (C=O) groups excluding carboxylic acids is 1. The van der Waals surface area contributed by atoms with Crippen molar-refractivity contribution in [3.05, 3.63) is 53.6 Å². The second-order valence-electron chi connectivity index (χ2n) is 8.15. The predicted molar refractivity (Wildman–Crippen MR) is 119 cm³/mol. The number of rotatable bonds is 13. The molecule has 0 saturated carbocycles. The summed E-state index contributed by atoms with van der Waals surface area (Å²) in [5, 5.41) is 21.8. The lowest BCUT2D eigenvalue weighted by molar-refractivity contribution is -0.858. The zero-order chi connectivity index (χ0) is 22.8. The van der Waals surface area contributed by atoms with Crippen LogP contribution in [-0.2, 0) is 0 Å². The molecule has 0 aliphatic rings. The van der Waals surface area contributed by atoms with Gasteiger partial charge in [0.15, 0.2) is 5.78 Å². The summed E-state index contributed by atoms with van der Waals surface area (Å²) >= 11 is 0. The molecule has 0 radical (unpaired) electrons. The molecule has 0 fully saturated rings. The fourth-order valence-electron chi connectivity index (χ4n) is 3.28. The average Bonchev–Trinajstić information content (AvgIpc) is 2.76. The minimum Gasteiger partial charge on any atom is -1.00 e. The highest BCUT2D eigenvalue weighted by atomic mass is 35.5. The van der Waals surface area contributed by atoms with Gasteiger partial charge in [0.1, 0.15) is 29.4 Å². The third-order valence-electron chi connectivity index (χ3n) is 5.17. The molecule has 2 atom stereocenters. The summed E-state index contributed by atoms with van der Waals surface area (Å²) in [7, 11) is 5.77. The molecule has 33 heavy (non-hydrogen) atoms. The standard InChI is InChI=1S/C24H34N2O5.2ClH/c1-17(24(29)18-6-8-20(27)9-7-18)25-11-10-23(28)19-14-21(30-4)16-22(15-19)31-13-5-12-26(2)3;;/h6-9,14-17,24-25,27,29H,5,10-13H2,1-4H3;2*1H. The number of phenolic OH excluding ortho intramolecular Hbond substituents is 1. The topological polar surface area (TPSA) is 97.0 Å². The number of phenols is 1.